The summed E-state index contributed by atoms with van der Waals surface area (Å²) in [5.41, 5.74) is 8.66. The average Bonchev–Trinajstić information content (AvgIpc) is 2.39. The van der Waals surface area contributed by atoms with Crippen molar-refractivity contribution in [1.82, 2.24) is 4.90 Å². The van der Waals surface area contributed by atoms with Crippen molar-refractivity contribution in [2.24, 2.45) is 5.73 Å². The quantitative estimate of drug-likeness (QED) is 0.782. The smallest absolute Gasteiger partial charge is 0.0764 e. The normalized spacial score (nSPS) is 18.9. The lowest BCUT2D eigenvalue weighted by Crippen LogP contribution is -2.42. The minimum atomic E-state index is -0.0198. The zero-order valence-corrected chi connectivity index (χ0v) is 9.47. The van der Waals surface area contributed by atoms with E-state index in [0.29, 0.717) is 0 Å². The Morgan fingerprint density at radius 3 is 2.62 bits per heavy atom. The van der Waals surface area contributed by atoms with Gasteiger partial charge in [-0.05, 0) is 17.6 Å². The van der Waals surface area contributed by atoms with Crippen LogP contribution in [-0.2, 0) is 0 Å². The third-order valence-electron chi connectivity index (χ3n) is 3.05. The first-order valence-electron chi connectivity index (χ1n) is 5.68. The van der Waals surface area contributed by atoms with E-state index in [2.05, 4.69) is 41.8 Å². The van der Waals surface area contributed by atoms with Crippen molar-refractivity contribution in [2.45, 2.75) is 12.6 Å². The summed E-state index contributed by atoms with van der Waals surface area (Å²) in [7, 11) is 0. The van der Waals surface area contributed by atoms with Gasteiger partial charge in [-0.3, -0.25) is 4.90 Å². The second-order valence-corrected chi connectivity index (χ2v) is 4.07. The molecule has 0 saturated carbocycles. The molecule has 0 aliphatic carbocycles. The topological polar surface area (TPSA) is 29.3 Å². The van der Waals surface area contributed by atoms with Crippen LogP contribution in [0, 0.1) is 0 Å². The van der Waals surface area contributed by atoms with Crippen LogP contribution in [0.1, 0.15) is 12.0 Å². The van der Waals surface area contributed by atoms with Gasteiger partial charge in [-0.1, -0.05) is 42.5 Å². The maximum absolute atomic E-state index is 5.91. The van der Waals surface area contributed by atoms with Gasteiger partial charge in [-0.25, -0.2) is 0 Å². The second kappa shape index (κ2) is 5.10. The Labute approximate surface area is 97.1 Å². The molecule has 0 radical (unpaired) electrons. The van der Waals surface area contributed by atoms with Crippen LogP contribution in [0.15, 0.2) is 49.1 Å². The lowest BCUT2D eigenvalue weighted by Gasteiger charge is -2.29. The number of nitrogens with zero attached hydrogens (tertiary/aromatic N) is 1. The first kappa shape index (κ1) is 11.1. The van der Waals surface area contributed by atoms with Gasteiger partial charge in [-0.15, -0.1) is 6.58 Å². The van der Waals surface area contributed by atoms with Crippen molar-refractivity contribution in [3.05, 3.63) is 54.6 Å². The van der Waals surface area contributed by atoms with Crippen LogP contribution in [0.5, 0.6) is 0 Å². The molecule has 0 spiro atoms. The summed E-state index contributed by atoms with van der Waals surface area (Å²) in [4.78, 5) is 2.22. The molecule has 1 unspecified atom stereocenters. The average molecular weight is 214 g/mol. The summed E-state index contributed by atoms with van der Waals surface area (Å²) < 4.78 is 0. The minimum absolute atomic E-state index is 0.0198. The Hall–Kier alpha value is -1.38. The molecule has 1 aromatic rings. The van der Waals surface area contributed by atoms with Crippen molar-refractivity contribution < 1.29 is 0 Å². The van der Waals surface area contributed by atoms with Crippen LogP contribution in [0.4, 0.5) is 0 Å². The van der Waals surface area contributed by atoms with Crippen molar-refractivity contribution in [1.29, 1.82) is 0 Å². The molecular weight excluding hydrogens is 196 g/mol. The highest BCUT2D eigenvalue weighted by Gasteiger charge is 2.15. The maximum Gasteiger partial charge on any atom is 0.0764 e. The number of benzene rings is 1. The van der Waals surface area contributed by atoms with Gasteiger partial charge in [0, 0.05) is 13.1 Å². The molecule has 1 heterocycles. The zero-order chi connectivity index (χ0) is 11.4. The van der Waals surface area contributed by atoms with Gasteiger partial charge < -0.3 is 5.73 Å². The Kier molecular flexibility index (Phi) is 3.54. The summed E-state index contributed by atoms with van der Waals surface area (Å²) in [6.45, 7) is 5.65. The highest BCUT2D eigenvalue weighted by molar-refractivity contribution is 5.66. The number of hydrogen-bond donors (Lipinski definition) is 1. The van der Waals surface area contributed by atoms with Crippen molar-refractivity contribution in [3.63, 3.8) is 0 Å². The first-order valence-corrected chi connectivity index (χ1v) is 5.68. The molecule has 2 heteroatoms. The molecule has 84 valence electrons. The molecule has 0 saturated heterocycles. The number of rotatable bonds is 3. The molecule has 16 heavy (non-hydrogen) atoms. The zero-order valence-electron chi connectivity index (χ0n) is 9.47. The molecule has 0 aromatic heterocycles. The van der Waals surface area contributed by atoms with E-state index in [0.717, 1.165) is 19.5 Å². The van der Waals surface area contributed by atoms with E-state index < -0.39 is 0 Å². The number of hydrogen-bond acceptors (Lipinski definition) is 2. The summed E-state index contributed by atoms with van der Waals surface area (Å²) in [6, 6.07) is 10.5. The van der Waals surface area contributed by atoms with E-state index in [1.807, 2.05) is 6.07 Å². The standard InChI is InChI=1S/C14H18N2/c1-2-14(15)16-10-8-13(9-11-16)12-6-4-3-5-7-12/h2-8,14H,1,9-11,15H2. The molecule has 1 aliphatic heterocycles. The molecule has 0 bridgehead atoms. The van der Waals surface area contributed by atoms with Crippen LogP contribution < -0.4 is 5.73 Å². The number of nitrogens with two attached hydrogens (primary N) is 1. The molecular formula is C14H18N2. The molecule has 2 nitrogen and oxygen atoms in total. The van der Waals surface area contributed by atoms with Gasteiger partial charge in [0.25, 0.3) is 0 Å². The Bertz CT molecular complexity index is 381. The molecule has 1 aliphatic rings. The first-order chi connectivity index (χ1) is 7.81. The molecule has 0 fully saturated rings. The van der Waals surface area contributed by atoms with E-state index in [-0.39, 0.29) is 6.17 Å². The van der Waals surface area contributed by atoms with Crippen molar-refractivity contribution in [2.75, 3.05) is 13.1 Å². The molecule has 1 aromatic carbocycles. The van der Waals surface area contributed by atoms with Crippen LogP contribution in [0.25, 0.3) is 5.57 Å². The van der Waals surface area contributed by atoms with E-state index in [9.17, 15) is 0 Å². The van der Waals surface area contributed by atoms with Gasteiger partial charge in [0.15, 0.2) is 0 Å². The van der Waals surface area contributed by atoms with Gasteiger partial charge >= 0.3 is 0 Å². The highest BCUT2D eigenvalue weighted by Crippen LogP contribution is 2.22. The van der Waals surface area contributed by atoms with Gasteiger partial charge in [0.05, 0.1) is 6.17 Å². The predicted molar refractivity (Wildman–Crippen MR) is 68.8 cm³/mol. The largest absolute Gasteiger partial charge is 0.312 e. The summed E-state index contributed by atoms with van der Waals surface area (Å²) >= 11 is 0. The van der Waals surface area contributed by atoms with Crippen LogP contribution >= 0.6 is 0 Å². The molecule has 2 rings (SSSR count). The van der Waals surface area contributed by atoms with Gasteiger partial charge in [-0.2, -0.15) is 0 Å². The summed E-state index contributed by atoms with van der Waals surface area (Å²) in [5.74, 6) is 0. The van der Waals surface area contributed by atoms with Crippen LogP contribution in [0.2, 0.25) is 0 Å². The monoisotopic (exact) mass is 214 g/mol. The Morgan fingerprint density at radius 2 is 2.06 bits per heavy atom. The third-order valence-corrected chi connectivity index (χ3v) is 3.05. The Morgan fingerprint density at radius 1 is 1.31 bits per heavy atom. The minimum Gasteiger partial charge on any atom is -0.312 e. The second-order valence-electron chi connectivity index (χ2n) is 4.07. The third kappa shape index (κ3) is 2.40. The summed E-state index contributed by atoms with van der Waals surface area (Å²) in [5, 5.41) is 0. The SMILES string of the molecule is C=CC(N)N1CC=C(c2ccccc2)CC1. The fourth-order valence-electron chi connectivity index (χ4n) is 2.02. The summed E-state index contributed by atoms with van der Waals surface area (Å²) in [6.07, 6.45) is 5.10. The Balaban J connectivity index is 2.07. The highest BCUT2D eigenvalue weighted by atomic mass is 15.2. The van der Waals surface area contributed by atoms with Crippen LogP contribution in [0.3, 0.4) is 0 Å². The lowest BCUT2D eigenvalue weighted by atomic mass is 9.99. The molecule has 1 atom stereocenters. The molecule has 0 amide bonds. The molecule has 2 N–H and O–H groups in total. The van der Waals surface area contributed by atoms with Crippen molar-refractivity contribution in [3.8, 4) is 0 Å². The van der Waals surface area contributed by atoms with E-state index in [1.54, 1.807) is 6.08 Å². The fraction of sp³-hybridized carbons (Fsp3) is 0.286. The van der Waals surface area contributed by atoms with Crippen molar-refractivity contribution >= 4 is 5.57 Å². The predicted octanol–water partition coefficient (Wildman–Crippen LogP) is 2.25. The van der Waals surface area contributed by atoms with E-state index in [1.165, 1.54) is 11.1 Å². The van der Waals surface area contributed by atoms with E-state index in [4.69, 9.17) is 5.73 Å². The van der Waals surface area contributed by atoms with Gasteiger partial charge in [0.1, 0.15) is 0 Å². The van der Waals surface area contributed by atoms with Crippen LogP contribution in [-0.4, -0.2) is 24.2 Å². The van der Waals surface area contributed by atoms with Gasteiger partial charge in [0.2, 0.25) is 0 Å². The van der Waals surface area contributed by atoms with E-state index >= 15 is 0 Å². The maximum atomic E-state index is 5.91. The fourth-order valence-corrected chi connectivity index (χ4v) is 2.02. The lowest BCUT2D eigenvalue weighted by molar-refractivity contribution is 0.258.